The Hall–Kier alpha value is -1.18. The maximum Gasteiger partial charge on any atom is 0.275 e. The van der Waals surface area contributed by atoms with Crippen molar-refractivity contribution in [1.82, 2.24) is 5.32 Å². The predicted molar refractivity (Wildman–Crippen MR) is 72.0 cm³/mol. The Morgan fingerprint density at radius 2 is 2.11 bits per heavy atom. The molecule has 104 valence electrons. The summed E-state index contributed by atoms with van der Waals surface area (Å²) >= 11 is 5.69. The van der Waals surface area contributed by atoms with E-state index in [4.69, 9.17) is 11.6 Å². The van der Waals surface area contributed by atoms with Crippen LogP contribution in [0, 0.1) is 16.0 Å². The fourth-order valence-corrected chi connectivity index (χ4v) is 3.91. The summed E-state index contributed by atoms with van der Waals surface area (Å²) in [5, 5.41) is 14.1. The number of benzene rings is 1. The highest BCUT2D eigenvalue weighted by Gasteiger charge is 2.26. The van der Waals surface area contributed by atoms with E-state index in [1.807, 2.05) is 0 Å². The second kappa shape index (κ2) is 5.44. The first kappa shape index (κ1) is 14.2. The second-order valence-corrected chi connectivity index (χ2v) is 7.15. The SMILES string of the molecule is O=[N+]([O-])c1cc(Cl)ccc1CS(=O)(=O)CC1CNC1. The van der Waals surface area contributed by atoms with Gasteiger partial charge in [0.2, 0.25) is 0 Å². The minimum atomic E-state index is -3.35. The molecule has 0 aliphatic carbocycles. The Kier molecular flexibility index (Phi) is 4.07. The fraction of sp³-hybridized carbons (Fsp3) is 0.455. The third-order valence-electron chi connectivity index (χ3n) is 2.98. The van der Waals surface area contributed by atoms with Gasteiger partial charge in [-0.2, -0.15) is 0 Å². The number of rotatable bonds is 5. The summed E-state index contributed by atoms with van der Waals surface area (Å²) in [6.45, 7) is 1.36. The van der Waals surface area contributed by atoms with Crippen molar-refractivity contribution in [2.24, 2.45) is 5.92 Å². The lowest BCUT2D eigenvalue weighted by Crippen LogP contribution is -2.45. The van der Waals surface area contributed by atoms with Crippen LogP contribution in [0.25, 0.3) is 0 Å². The highest BCUT2D eigenvalue weighted by Crippen LogP contribution is 2.25. The highest BCUT2D eigenvalue weighted by molar-refractivity contribution is 7.90. The van der Waals surface area contributed by atoms with Crippen LogP contribution in [-0.4, -0.2) is 32.2 Å². The van der Waals surface area contributed by atoms with Crippen molar-refractivity contribution < 1.29 is 13.3 Å². The summed E-state index contributed by atoms with van der Waals surface area (Å²) < 4.78 is 24.0. The average molecular weight is 305 g/mol. The Labute approximate surface area is 115 Å². The van der Waals surface area contributed by atoms with Crippen LogP contribution in [-0.2, 0) is 15.6 Å². The highest BCUT2D eigenvalue weighted by atomic mass is 35.5. The molecular formula is C11H13ClN2O4S. The van der Waals surface area contributed by atoms with Crippen LogP contribution >= 0.6 is 11.6 Å². The van der Waals surface area contributed by atoms with Crippen molar-refractivity contribution in [1.29, 1.82) is 0 Å². The number of nitrogens with zero attached hydrogens (tertiary/aromatic N) is 1. The minimum Gasteiger partial charge on any atom is -0.316 e. The second-order valence-electron chi connectivity index (χ2n) is 4.61. The number of nitrogens with one attached hydrogen (secondary N) is 1. The molecule has 6 nitrogen and oxygen atoms in total. The van der Waals surface area contributed by atoms with Crippen molar-refractivity contribution in [2.45, 2.75) is 5.75 Å². The molecule has 1 fully saturated rings. The van der Waals surface area contributed by atoms with Crippen LogP contribution in [0.1, 0.15) is 5.56 Å². The molecule has 8 heteroatoms. The van der Waals surface area contributed by atoms with Crippen LogP contribution in [0.5, 0.6) is 0 Å². The van der Waals surface area contributed by atoms with Crippen molar-refractivity contribution in [3.63, 3.8) is 0 Å². The maximum absolute atomic E-state index is 12.0. The smallest absolute Gasteiger partial charge is 0.275 e. The summed E-state index contributed by atoms with van der Waals surface area (Å²) in [7, 11) is -3.35. The molecule has 0 radical (unpaired) electrons. The molecule has 1 N–H and O–H groups in total. The van der Waals surface area contributed by atoms with E-state index in [2.05, 4.69) is 5.32 Å². The first-order chi connectivity index (χ1) is 8.87. The van der Waals surface area contributed by atoms with Crippen LogP contribution in [0.2, 0.25) is 5.02 Å². The van der Waals surface area contributed by atoms with Gasteiger partial charge in [-0.15, -0.1) is 0 Å². The predicted octanol–water partition coefficient (Wildman–Crippen LogP) is 1.38. The van der Waals surface area contributed by atoms with Crippen molar-refractivity contribution in [3.8, 4) is 0 Å². The van der Waals surface area contributed by atoms with E-state index in [-0.39, 0.29) is 33.7 Å². The monoisotopic (exact) mass is 304 g/mol. The van der Waals surface area contributed by atoms with E-state index in [0.29, 0.717) is 13.1 Å². The Morgan fingerprint density at radius 3 is 2.63 bits per heavy atom. The quantitative estimate of drug-likeness (QED) is 0.656. The zero-order valence-electron chi connectivity index (χ0n) is 10.0. The zero-order valence-corrected chi connectivity index (χ0v) is 11.6. The Morgan fingerprint density at radius 1 is 1.42 bits per heavy atom. The van der Waals surface area contributed by atoms with Gasteiger partial charge >= 0.3 is 0 Å². The molecule has 0 amide bonds. The molecule has 0 unspecified atom stereocenters. The van der Waals surface area contributed by atoms with Crippen LogP contribution in [0.15, 0.2) is 18.2 Å². The molecule has 19 heavy (non-hydrogen) atoms. The summed E-state index contributed by atoms with van der Waals surface area (Å²) in [5.74, 6) is -0.159. The molecule has 1 aliphatic rings. The van der Waals surface area contributed by atoms with E-state index >= 15 is 0 Å². The number of hydrogen-bond donors (Lipinski definition) is 1. The molecule has 0 atom stereocenters. The number of hydrogen-bond acceptors (Lipinski definition) is 5. The molecule has 1 heterocycles. The molecule has 1 saturated heterocycles. The van der Waals surface area contributed by atoms with Gasteiger partial charge in [-0.1, -0.05) is 11.6 Å². The topological polar surface area (TPSA) is 89.3 Å². The summed E-state index contributed by atoms with van der Waals surface area (Å²) in [6, 6.07) is 4.04. The standard InChI is InChI=1S/C11H13ClN2O4S/c12-10-2-1-9(11(3-10)14(15)16)7-19(17,18)6-8-4-13-5-8/h1-3,8,13H,4-7H2. The molecule has 0 bridgehead atoms. The van der Waals surface area contributed by atoms with Gasteiger partial charge < -0.3 is 5.32 Å². The molecule has 0 aromatic heterocycles. The van der Waals surface area contributed by atoms with Crippen LogP contribution in [0.3, 0.4) is 0 Å². The fourth-order valence-electron chi connectivity index (χ4n) is 1.95. The third-order valence-corrected chi connectivity index (χ3v) is 4.94. The molecule has 0 spiro atoms. The number of nitro groups is 1. The lowest BCUT2D eigenvalue weighted by Gasteiger charge is -2.26. The van der Waals surface area contributed by atoms with Crippen molar-refractivity contribution in [3.05, 3.63) is 38.9 Å². The number of halogens is 1. The summed E-state index contributed by atoms with van der Waals surface area (Å²) in [4.78, 5) is 10.3. The Bertz CT molecular complexity index is 599. The van der Waals surface area contributed by atoms with Crippen LogP contribution in [0.4, 0.5) is 5.69 Å². The van der Waals surface area contributed by atoms with Crippen LogP contribution < -0.4 is 5.32 Å². The summed E-state index contributed by atoms with van der Waals surface area (Å²) in [5.41, 5.74) is -0.0653. The first-order valence-electron chi connectivity index (χ1n) is 5.71. The maximum atomic E-state index is 12.0. The van der Waals surface area contributed by atoms with Gasteiger partial charge in [0.1, 0.15) is 0 Å². The number of nitro benzene ring substituents is 1. The van der Waals surface area contributed by atoms with E-state index in [1.54, 1.807) is 0 Å². The van der Waals surface area contributed by atoms with Gasteiger partial charge in [0.25, 0.3) is 5.69 Å². The first-order valence-corrected chi connectivity index (χ1v) is 7.91. The van der Waals surface area contributed by atoms with E-state index < -0.39 is 14.8 Å². The Balaban J connectivity index is 2.20. The zero-order chi connectivity index (χ0) is 14.0. The van der Waals surface area contributed by atoms with Gasteiger partial charge in [0.15, 0.2) is 9.84 Å². The van der Waals surface area contributed by atoms with Gasteiger partial charge in [-0.05, 0) is 18.1 Å². The van der Waals surface area contributed by atoms with E-state index in [1.165, 1.54) is 18.2 Å². The lowest BCUT2D eigenvalue weighted by molar-refractivity contribution is -0.385. The third kappa shape index (κ3) is 3.65. The van der Waals surface area contributed by atoms with Gasteiger partial charge in [0.05, 0.1) is 16.4 Å². The molecular weight excluding hydrogens is 292 g/mol. The molecule has 2 rings (SSSR count). The van der Waals surface area contributed by atoms with Crippen molar-refractivity contribution >= 4 is 27.1 Å². The molecule has 0 saturated carbocycles. The van der Waals surface area contributed by atoms with Gasteiger partial charge in [-0.25, -0.2) is 8.42 Å². The summed E-state index contributed by atoms with van der Waals surface area (Å²) in [6.07, 6.45) is 0. The van der Waals surface area contributed by atoms with Crippen molar-refractivity contribution in [2.75, 3.05) is 18.8 Å². The lowest BCUT2D eigenvalue weighted by atomic mass is 10.1. The van der Waals surface area contributed by atoms with Gasteiger partial charge in [0, 0.05) is 29.7 Å². The van der Waals surface area contributed by atoms with E-state index in [9.17, 15) is 18.5 Å². The molecule has 1 aliphatic heterocycles. The minimum absolute atomic E-state index is 0.0553. The average Bonchev–Trinajstić information content (AvgIpc) is 2.26. The van der Waals surface area contributed by atoms with Gasteiger partial charge in [-0.3, -0.25) is 10.1 Å². The molecule has 1 aromatic carbocycles. The van der Waals surface area contributed by atoms with E-state index in [0.717, 1.165) is 0 Å². The largest absolute Gasteiger partial charge is 0.316 e. The number of sulfone groups is 1. The molecule has 1 aromatic rings. The normalized spacial score (nSPS) is 16.1.